The first-order valence-electron chi connectivity index (χ1n) is 10.6. The van der Waals surface area contributed by atoms with Gasteiger partial charge in [0, 0.05) is 29.2 Å². The number of rotatable bonds is 9. The molecule has 1 amide bonds. The molecule has 0 unspecified atom stereocenters. The molecule has 35 heavy (non-hydrogen) atoms. The molecule has 0 atom stereocenters. The van der Waals surface area contributed by atoms with Crippen molar-refractivity contribution in [3.05, 3.63) is 91.7 Å². The molecule has 4 aromatic rings. The maximum atomic E-state index is 13.0. The molecule has 4 rings (SSSR count). The lowest BCUT2D eigenvalue weighted by Gasteiger charge is -2.13. The van der Waals surface area contributed by atoms with Gasteiger partial charge < -0.3 is 14.8 Å². The summed E-state index contributed by atoms with van der Waals surface area (Å²) in [5.74, 6) is -0.243. The molecular formula is C24H23N5O5S. The summed E-state index contributed by atoms with van der Waals surface area (Å²) in [7, 11) is 1.41. The van der Waals surface area contributed by atoms with Crippen molar-refractivity contribution in [2.45, 2.75) is 27.0 Å². The predicted octanol–water partition coefficient (Wildman–Crippen LogP) is 4.37. The van der Waals surface area contributed by atoms with Crippen molar-refractivity contribution in [3.63, 3.8) is 0 Å². The number of nitro groups is 1. The molecule has 0 aliphatic heterocycles. The smallest absolute Gasteiger partial charge is 0.286 e. The fraction of sp³-hybridized carbons (Fsp3) is 0.208. The number of aromatic nitrogens is 3. The van der Waals surface area contributed by atoms with Crippen LogP contribution in [0.3, 0.4) is 0 Å². The van der Waals surface area contributed by atoms with Crippen LogP contribution in [0.15, 0.2) is 53.4 Å². The predicted molar refractivity (Wildman–Crippen MR) is 130 cm³/mol. The number of carbonyl (C=O) groups excluding carboxylic acids is 1. The second-order valence-electron chi connectivity index (χ2n) is 7.63. The fourth-order valence-corrected chi connectivity index (χ4v) is 4.17. The van der Waals surface area contributed by atoms with E-state index < -0.39 is 10.8 Å². The number of para-hydroxylation sites is 1. The zero-order chi connectivity index (χ0) is 24.9. The normalized spacial score (nSPS) is 10.7. The molecule has 11 heteroatoms. The summed E-state index contributed by atoms with van der Waals surface area (Å²) in [6.07, 6.45) is 0. The minimum absolute atomic E-state index is 0.118. The van der Waals surface area contributed by atoms with Crippen LogP contribution in [0.2, 0.25) is 0 Å². The number of amides is 1. The van der Waals surface area contributed by atoms with Crippen LogP contribution >= 0.6 is 11.3 Å². The zero-order valence-electron chi connectivity index (χ0n) is 19.3. The molecule has 2 heterocycles. The van der Waals surface area contributed by atoms with E-state index in [1.54, 1.807) is 10.2 Å². The van der Waals surface area contributed by atoms with Crippen molar-refractivity contribution in [2.24, 2.45) is 0 Å². The van der Waals surface area contributed by atoms with Crippen molar-refractivity contribution >= 4 is 22.9 Å². The topological polar surface area (TPSA) is 121 Å². The first kappa shape index (κ1) is 23.9. The first-order chi connectivity index (χ1) is 16.9. The van der Waals surface area contributed by atoms with Crippen LogP contribution in [0, 0.1) is 24.0 Å². The van der Waals surface area contributed by atoms with E-state index in [1.807, 2.05) is 49.6 Å². The Balaban J connectivity index is 1.56. The van der Waals surface area contributed by atoms with E-state index in [0.717, 1.165) is 22.6 Å². The highest BCUT2D eigenvalue weighted by Gasteiger charge is 2.25. The number of carbonyl (C=O) groups is 1. The van der Waals surface area contributed by atoms with E-state index in [1.165, 1.54) is 30.6 Å². The Morgan fingerprint density at radius 2 is 1.97 bits per heavy atom. The third-order valence-electron chi connectivity index (χ3n) is 5.45. The number of ether oxygens (including phenoxy) is 2. The van der Waals surface area contributed by atoms with Crippen molar-refractivity contribution in [1.29, 1.82) is 0 Å². The van der Waals surface area contributed by atoms with Gasteiger partial charge in [0.2, 0.25) is 0 Å². The third kappa shape index (κ3) is 5.14. The monoisotopic (exact) mass is 493 g/mol. The molecular weight excluding hydrogens is 470 g/mol. The number of nitrogens with one attached hydrogen (secondary N) is 1. The number of nitrogens with zero attached hydrogens (tertiary/aromatic N) is 4. The second kappa shape index (κ2) is 10.3. The fourth-order valence-electron chi connectivity index (χ4n) is 3.63. The zero-order valence-corrected chi connectivity index (χ0v) is 20.2. The third-order valence-corrected chi connectivity index (χ3v) is 6.09. The Bertz CT molecular complexity index is 1350. The van der Waals surface area contributed by atoms with E-state index in [0.29, 0.717) is 5.69 Å². The summed E-state index contributed by atoms with van der Waals surface area (Å²) in [6, 6.07) is 12.2. The van der Waals surface area contributed by atoms with Crippen LogP contribution in [-0.4, -0.2) is 32.7 Å². The van der Waals surface area contributed by atoms with Gasteiger partial charge in [-0.1, -0.05) is 18.2 Å². The Kier molecular flexibility index (Phi) is 7.06. The van der Waals surface area contributed by atoms with Crippen molar-refractivity contribution in [1.82, 2.24) is 20.1 Å². The van der Waals surface area contributed by atoms with Gasteiger partial charge in [0.25, 0.3) is 11.6 Å². The maximum Gasteiger partial charge on any atom is 0.286 e. The summed E-state index contributed by atoms with van der Waals surface area (Å²) in [4.78, 5) is 28.3. The molecule has 0 bridgehead atoms. The lowest BCUT2D eigenvalue weighted by Crippen LogP contribution is -2.24. The summed E-state index contributed by atoms with van der Waals surface area (Å²) in [5.41, 5.74) is 5.20. The van der Waals surface area contributed by atoms with E-state index in [2.05, 4.69) is 15.4 Å². The maximum absolute atomic E-state index is 13.0. The van der Waals surface area contributed by atoms with Crippen LogP contribution in [0.1, 0.15) is 33.0 Å². The van der Waals surface area contributed by atoms with E-state index in [-0.39, 0.29) is 35.9 Å². The highest BCUT2D eigenvalue weighted by atomic mass is 32.1. The van der Waals surface area contributed by atoms with Crippen molar-refractivity contribution in [2.75, 3.05) is 7.11 Å². The molecule has 0 aliphatic carbocycles. The lowest BCUT2D eigenvalue weighted by molar-refractivity contribution is -0.385. The number of nitro benzene ring substituents is 1. The molecule has 2 aromatic carbocycles. The SMILES string of the molecule is COc1cc(C(=O)NCc2c(C)nn(-c3ccccc3)c2C)c([N+](=O)[O-])cc1OCc1cscn1. The van der Waals surface area contributed by atoms with Crippen LogP contribution in [0.25, 0.3) is 5.69 Å². The minimum Gasteiger partial charge on any atom is -0.493 e. The molecule has 0 radical (unpaired) electrons. The summed E-state index contributed by atoms with van der Waals surface area (Å²) in [5, 5.41) is 20.9. The van der Waals surface area contributed by atoms with Crippen LogP contribution in [0.4, 0.5) is 5.69 Å². The molecule has 1 N–H and O–H groups in total. The van der Waals surface area contributed by atoms with Crippen molar-refractivity contribution in [3.8, 4) is 17.2 Å². The van der Waals surface area contributed by atoms with E-state index >= 15 is 0 Å². The average Bonchev–Trinajstić information content (AvgIpc) is 3.48. The van der Waals surface area contributed by atoms with Gasteiger partial charge >= 0.3 is 0 Å². The number of methoxy groups -OCH3 is 1. The average molecular weight is 494 g/mol. The van der Waals surface area contributed by atoms with Gasteiger partial charge in [0.05, 0.1) is 40.7 Å². The second-order valence-corrected chi connectivity index (χ2v) is 8.34. The van der Waals surface area contributed by atoms with Gasteiger partial charge in [-0.2, -0.15) is 5.10 Å². The molecule has 180 valence electrons. The van der Waals surface area contributed by atoms with Crippen LogP contribution < -0.4 is 14.8 Å². The molecule has 2 aromatic heterocycles. The largest absolute Gasteiger partial charge is 0.493 e. The summed E-state index contributed by atoms with van der Waals surface area (Å²) >= 11 is 1.42. The number of thiazole rings is 1. The van der Waals surface area contributed by atoms with Gasteiger partial charge in [-0.25, -0.2) is 9.67 Å². The summed E-state index contributed by atoms with van der Waals surface area (Å²) in [6.45, 7) is 4.04. The number of aryl methyl sites for hydroxylation is 1. The van der Waals surface area contributed by atoms with Crippen molar-refractivity contribution < 1.29 is 19.2 Å². The minimum atomic E-state index is -0.617. The molecule has 0 fully saturated rings. The quantitative estimate of drug-likeness (QED) is 0.271. The highest BCUT2D eigenvalue weighted by molar-refractivity contribution is 7.07. The van der Waals surface area contributed by atoms with Gasteiger partial charge in [-0.15, -0.1) is 11.3 Å². The molecule has 0 saturated carbocycles. The lowest BCUT2D eigenvalue weighted by atomic mass is 10.1. The number of hydrogen-bond acceptors (Lipinski definition) is 8. The standard InChI is InChI=1S/C24H23N5O5S/c1-15-20(16(2)28(27-15)18-7-5-4-6-8-18)11-25-24(30)19-9-22(33-3)23(10-21(19)29(31)32)34-12-17-13-35-14-26-17/h4-10,13-14H,11-12H2,1-3H3,(H,25,30). The van der Waals surface area contributed by atoms with E-state index in [4.69, 9.17) is 9.47 Å². The molecule has 0 aliphatic rings. The molecule has 0 saturated heterocycles. The Hall–Kier alpha value is -4.25. The highest BCUT2D eigenvalue weighted by Crippen LogP contribution is 2.35. The first-order valence-corrected chi connectivity index (χ1v) is 11.6. The van der Waals surface area contributed by atoms with Gasteiger partial charge in [-0.3, -0.25) is 14.9 Å². The van der Waals surface area contributed by atoms with E-state index in [9.17, 15) is 14.9 Å². The van der Waals surface area contributed by atoms with Crippen LogP contribution in [0.5, 0.6) is 11.5 Å². The number of hydrogen-bond donors (Lipinski definition) is 1. The molecule has 0 spiro atoms. The summed E-state index contributed by atoms with van der Waals surface area (Å²) < 4.78 is 12.8. The molecule has 10 nitrogen and oxygen atoms in total. The van der Waals surface area contributed by atoms with Crippen LogP contribution in [-0.2, 0) is 13.2 Å². The van der Waals surface area contributed by atoms with Gasteiger partial charge in [0.15, 0.2) is 11.5 Å². The number of benzene rings is 2. The Labute approximate surface area is 205 Å². The Morgan fingerprint density at radius 3 is 2.63 bits per heavy atom. The Morgan fingerprint density at radius 1 is 1.20 bits per heavy atom. The van der Waals surface area contributed by atoms with Gasteiger partial charge in [-0.05, 0) is 26.0 Å². The van der Waals surface area contributed by atoms with Gasteiger partial charge in [0.1, 0.15) is 12.2 Å².